The third-order valence-corrected chi connectivity index (χ3v) is 4.40. The first-order valence-corrected chi connectivity index (χ1v) is 8.78. The van der Waals surface area contributed by atoms with Crippen LogP contribution in [0.5, 0.6) is 17.2 Å². The minimum atomic E-state index is -0.00345. The van der Waals surface area contributed by atoms with Crippen LogP contribution in [-0.4, -0.2) is 48.7 Å². The van der Waals surface area contributed by atoms with E-state index in [1.807, 2.05) is 36.1 Å². The van der Waals surface area contributed by atoms with Crippen LogP contribution in [0.1, 0.15) is 18.5 Å². The highest BCUT2D eigenvalue weighted by molar-refractivity contribution is 5.77. The number of carbonyl (C=O) groups excluding carboxylic acids is 1. The summed E-state index contributed by atoms with van der Waals surface area (Å²) >= 11 is 0. The van der Waals surface area contributed by atoms with E-state index in [0.717, 1.165) is 30.0 Å². The predicted molar refractivity (Wildman–Crippen MR) is 97.7 cm³/mol. The number of rotatable bonds is 6. The lowest BCUT2D eigenvalue weighted by atomic mass is 10.1. The summed E-state index contributed by atoms with van der Waals surface area (Å²) in [5.74, 6) is 2.19. The highest BCUT2D eigenvalue weighted by Gasteiger charge is 2.24. The molecular formula is C20H24N2O4. The van der Waals surface area contributed by atoms with Gasteiger partial charge in [-0.05, 0) is 43.3 Å². The second-order valence-corrected chi connectivity index (χ2v) is 6.30. The van der Waals surface area contributed by atoms with Crippen molar-refractivity contribution in [1.82, 2.24) is 9.88 Å². The van der Waals surface area contributed by atoms with E-state index >= 15 is 0 Å². The van der Waals surface area contributed by atoms with Crippen LogP contribution >= 0.6 is 0 Å². The van der Waals surface area contributed by atoms with E-state index in [-0.39, 0.29) is 18.6 Å². The number of nitrogens with zero attached hydrogens (tertiary/aromatic N) is 2. The molecule has 0 radical (unpaired) electrons. The predicted octanol–water partition coefficient (Wildman–Crippen LogP) is 2.85. The Labute approximate surface area is 153 Å². The van der Waals surface area contributed by atoms with Crippen molar-refractivity contribution in [3.8, 4) is 17.2 Å². The van der Waals surface area contributed by atoms with Gasteiger partial charge in [0.1, 0.15) is 23.4 Å². The van der Waals surface area contributed by atoms with Gasteiger partial charge in [-0.15, -0.1) is 0 Å². The second kappa shape index (κ2) is 8.56. The number of hydrogen-bond donors (Lipinski definition) is 0. The Bertz CT molecular complexity index is 708. The van der Waals surface area contributed by atoms with E-state index in [1.165, 1.54) is 0 Å². The van der Waals surface area contributed by atoms with Gasteiger partial charge in [-0.1, -0.05) is 0 Å². The van der Waals surface area contributed by atoms with Crippen molar-refractivity contribution in [2.75, 3.05) is 26.8 Å². The van der Waals surface area contributed by atoms with Gasteiger partial charge in [0.05, 0.1) is 13.3 Å². The molecule has 0 atom stereocenters. The third kappa shape index (κ3) is 4.88. The Hall–Kier alpha value is -2.76. The summed E-state index contributed by atoms with van der Waals surface area (Å²) in [4.78, 5) is 18.4. The Morgan fingerprint density at radius 3 is 2.35 bits per heavy atom. The molecule has 6 heteroatoms. The number of aromatic nitrogens is 1. The van der Waals surface area contributed by atoms with Gasteiger partial charge in [0.15, 0.2) is 6.61 Å². The summed E-state index contributed by atoms with van der Waals surface area (Å²) in [7, 11) is 1.61. The molecular weight excluding hydrogens is 332 g/mol. The smallest absolute Gasteiger partial charge is 0.260 e. The zero-order valence-electron chi connectivity index (χ0n) is 15.2. The second-order valence-electron chi connectivity index (χ2n) is 6.30. The zero-order chi connectivity index (χ0) is 18.4. The fourth-order valence-corrected chi connectivity index (χ4v) is 2.85. The first-order chi connectivity index (χ1) is 12.6. The van der Waals surface area contributed by atoms with E-state index in [0.29, 0.717) is 18.8 Å². The SMILES string of the molecule is COc1ccc(OCC(=O)N2CCC(Oc3ccc(C)nc3)CC2)cc1. The average Bonchev–Trinajstić information content (AvgIpc) is 2.69. The van der Waals surface area contributed by atoms with Crippen LogP contribution < -0.4 is 14.2 Å². The van der Waals surface area contributed by atoms with Gasteiger partial charge < -0.3 is 19.1 Å². The molecule has 1 fully saturated rings. The van der Waals surface area contributed by atoms with E-state index in [9.17, 15) is 4.79 Å². The van der Waals surface area contributed by atoms with Gasteiger partial charge in [-0.25, -0.2) is 0 Å². The molecule has 6 nitrogen and oxygen atoms in total. The van der Waals surface area contributed by atoms with Crippen molar-refractivity contribution in [3.63, 3.8) is 0 Å². The maximum Gasteiger partial charge on any atom is 0.260 e. The molecule has 0 N–H and O–H groups in total. The molecule has 2 aromatic rings. The van der Waals surface area contributed by atoms with Crippen molar-refractivity contribution < 1.29 is 19.0 Å². The summed E-state index contributed by atoms with van der Waals surface area (Å²) in [5.41, 5.74) is 0.967. The highest BCUT2D eigenvalue weighted by Crippen LogP contribution is 2.20. The maximum atomic E-state index is 12.3. The lowest BCUT2D eigenvalue weighted by molar-refractivity contribution is -0.135. The Morgan fingerprint density at radius 1 is 1.08 bits per heavy atom. The van der Waals surface area contributed by atoms with Gasteiger partial charge >= 0.3 is 0 Å². The number of methoxy groups -OCH3 is 1. The summed E-state index contributed by atoms with van der Waals surface area (Å²) in [6.45, 7) is 3.34. The lowest BCUT2D eigenvalue weighted by Crippen LogP contribution is -2.43. The largest absolute Gasteiger partial charge is 0.497 e. The molecule has 26 heavy (non-hydrogen) atoms. The van der Waals surface area contributed by atoms with Crippen LogP contribution in [0, 0.1) is 6.92 Å². The first-order valence-electron chi connectivity index (χ1n) is 8.78. The quantitative estimate of drug-likeness (QED) is 0.796. The molecule has 1 aromatic heterocycles. The molecule has 2 heterocycles. The Balaban J connectivity index is 1.42. The van der Waals surface area contributed by atoms with E-state index in [2.05, 4.69) is 4.98 Å². The van der Waals surface area contributed by atoms with E-state index in [4.69, 9.17) is 14.2 Å². The molecule has 1 amide bonds. The Kier molecular flexibility index (Phi) is 5.94. The van der Waals surface area contributed by atoms with Crippen molar-refractivity contribution in [1.29, 1.82) is 0 Å². The number of piperidine rings is 1. The molecule has 0 unspecified atom stereocenters. The zero-order valence-corrected chi connectivity index (χ0v) is 15.2. The molecule has 1 aliphatic heterocycles. The van der Waals surface area contributed by atoms with E-state index < -0.39 is 0 Å². The topological polar surface area (TPSA) is 60.9 Å². The van der Waals surface area contributed by atoms with Crippen LogP contribution in [0.25, 0.3) is 0 Å². The monoisotopic (exact) mass is 356 g/mol. The third-order valence-electron chi connectivity index (χ3n) is 4.40. The molecule has 0 aliphatic carbocycles. The average molecular weight is 356 g/mol. The van der Waals surface area contributed by atoms with Crippen LogP contribution in [0.2, 0.25) is 0 Å². The molecule has 1 aliphatic rings. The fraction of sp³-hybridized carbons (Fsp3) is 0.400. The van der Waals surface area contributed by atoms with Crippen molar-refractivity contribution in [2.45, 2.75) is 25.9 Å². The summed E-state index contributed by atoms with van der Waals surface area (Å²) in [6.07, 6.45) is 3.48. The van der Waals surface area contributed by atoms with Crippen LogP contribution in [0.15, 0.2) is 42.6 Å². The number of amides is 1. The maximum absolute atomic E-state index is 12.3. The normalized spacial score (nSPS) is 14.8. The summed E-state index contributed by atoms with van der Waals surface area (Å²) < 4.78 is 16.6. The number of ether oxygens (including phenoxy) is 3. The van der Waals surface area contributed by atoms with Gasteiger partial charge in [0, 0.05) is 31.6 Å². The van der Waals surface area contributed by atoms with Gasteiger partial charge in [0.2, 0.25) is 0 Å². The van der Waals surface area contributed by atoms with Crippen molar-refractivity contribution >= 4 is 5.91 Å². The van der Waals surface area contributed by atoms with Gasteiger partial charge in [-0.3, -0.25) is 9.78 Å². The number of hydrogen-bond acceptors (Lipinski definition) is 5. The van der Waals surface area contributed by atoms with Gasteiger partial charge in [0.25, 0.3) is 5.91 Å². The van der Waals surface area contributed by atoms with Crippen molar-refractivity contribution in [2.24, 2.45) is 0 Å². The van der Waals surface area contributed by atoms with Crippen molar-refractivity contribution in [3.05, 3.63) is 48.3 Å². The minimum Gasteiger partial charge on any atom is -0.497 e. The van der Waals surface area contributed by atoms with Gasteiger partial charge in [-0.2, -0.15) is 0 Å². The molecule has 0 saturated carbocycles. The highest BCUT2D eigenvalue weighted by atomic mass is 16.5. The van der Waals surface area contributed by atoms with Crippen LogP contribution in [0.3, 0.4) is 0 Å². The lowest BCUT2D eigenvalue weighted by Gasteiger charge is -2.32. The summed E-state index contributed by atoms with van der Waals surface area (Å²) in [5, 5.41) is 0. The molecule has 1 saturated heterocycles. The summed E-state index contributed by atoms with van der Waals surface area (Å²) in [6, 6.07) is 11.1. The Morgan fingerprint density at radius 2 is 1.73 bits per heavy atom. The minimum absolute atomic E-state index is 0.00345. The first kappa shape index (κ1) is 18.0. The number of benzene rings is 1. The molecule has 3 rings (SSSR count). The van der Waals surface area contributed by atoms with Crippen LogP contribution in [-0.2, 0) is 4.79 Å². The standard InChI is InChI=1S/C20H24N2O4/c1-15-3-4-19(13-21-15)26-18-9-11-22(12-10-18)20(23)14-25-17-7-5-16(24-2)6-8-17/h3-8,13,18H,9-12,14H2,1-2H3. The number of carbonyl (C=O) groups is 1. The van der Waals surface area contributed by atoms with E-state index in [1.54, 1.807) is 25.4 Å². The molecule has 1 aromatic carbocycles. The molecule has 0 bridgehead atoms. The number of likely N-dealkylation sites (tertiary alicyclic amines) is 1. The molecule has 138 valence electrons. The number of pyridine rings is 1. The van der Waals surface area contributed by atoms with Crippen LogP contribution in [0.4, 0.5) is 0 Å². The number of aryl methyl sites for hydroxylation is 1. The fourth-order valence-electron chi connectivity index (χ4n) is 2.85. The molecule has 0 spiro atoms.